The van der Waals surface area contributed by atoms with Crippen LogP contribution in [0.5, 0.6) is 11.5 Å². The summed E-state index contributed by atoms with van der Waals surface area (Å²) in [5.41, 5.74) is 1.33. The molecule has 0 saturated heterocycles. The fourth-order valence-corrected chi connectivity index (χ4v) is 5.75. The maximum Gasteiger partial charge on any atom is 0.173 e. The minimum absolute atomic E-state index is 0.0640. The molecule has 29 heavy (non-hydrogen) atoms. The lowest BCUT2D eigenvalue weighted by atomic mass is 10.1. The van der Waals surface area contributed by atoms with Crippen LogP contribution in [0.2, 0.25) is 0 Å². The number of carbonyl (C=O) groups is 2. The quantitative estimate of drug-likeness (QED) is 0.295. The summed E-state index contributed by atoms with van der Waals surface area (Å²) in [4.78, 5) is 26.9. The van der Waals surface area contributed by atoms with Gasteiger partial charge in [0.1, 0.15) is 11.5 Å². The van der Waals surface area contributed by atoms with Crippen LogP contribution in [0, 0.1) is 0 Å². The maximum atomic E-state index is 12.4. The van der Waals surface area contributed by atoms with Crippen LogP contribution in [0.3, 0.4) is 0 Å². The van der Waals surface area contributed by atoms with Gasteiger partial charge in [-0.1, -0.05) is 0 Å². The molecule has 0 amide bonds. The molecule has 0 aliphatic rings. The van der Waals surface area contributed by atoms with E-state index in [0.717, 1.165) is 21.3 Å². The number of hydrogen-bond acceptors (Lipinski definition) is 7. The first kappa shape index (κ1) is 21.5. The Balaban J connectivity index is 1.54. The molecule has 0 atom stereocenters. The highest BCUT2D eigenvalue weighted by Gasteiger charge is 2.13. The Morgan fingerprint density at radius 1 is 0.724 bits per heavy atom. The third-order valence-electron chi connectivity index (χ3n) is 4.13. The number of methoxy groups -OCH3 is 2. The number of Topliss-reactive ketones (excluding diaryl/α,β-unsaturated/α-hetero) is 2. The van der Waals surface area contributed by atoms with E-state index < -0.39 is 0 Å². The number of ether oxygens (including phenoxy) is 2. The Hall–Kier alpha value is -2.22. The van der Waals surface area contributed by atoms with Crippen LogP contribution in [0.25, 0.3) is 0 Å². The van der Waals surface area contributed by atoms with E-state index in [9.17, 15) is 9.59 Å². The van der Waals surface area contributed by atoms with Gasteiger partial charge >= 0.3 is 0 Å². The molecule has 3 aromatic rings. The van der Waals surface area contributed by atoms with Crippen LogP contribution in [0.1, 0.15) is 20.7 Å². The third kappa shape index (κ3) is 5.88. The average Bonchev–Trinajstić information content (AvgIpc) is 3.23. The molecule has 0 fully saturated rings. The fraction of sp³-hybridized carbons (Fsp3) is 0.182. The summed E-state index contributed by atoms with van der Waals surface area (Å²) in [6.07, 6.45) is 0. The van der Waals surface area contributed by atoms with Crippen molar-refractivity contribution in [3.05, 3.63) is 70.4 Å². The summed E-state index contributed by atoms with van der Waals surface area (Å²) >= 11 is 4.57. The predicted molar refractivity (Wildman–Crippen MR) is 120 cm³/mol. The van der Waals surface area contributed by atoms with Crippen LogP contribution >= 0.6 is 34.9 Å². The summed E-state index contributed by atoms with van der Waals surface area (Å²) in [6.45, 7) is 0. The minimum atomic E-state index is 0.0640. The molecule has 0 unspecified atom stereocenters. The standard InChI is InChI=1S/C22H20O4S3/c1-25-17-7-3-15(4-8-17)19(23)11-28-21-13-27-14-22(21)29-12-20(24)16-5-9-18(26-2)10-6-16/h3-10,13-14H,11-12H2,1-2H3. The van der Waals surface area contributed by atoms with Gasteiger partial charge in [-0.25, -0.2) is 0 Å². The van der Waals surface area contributed by atoms with Gasteiger partial charge in [0.25, 0.3) is 0 Å². The summed E-state index contributed by atoms with van der Waals surface area (Å²) in [7, 11) is 3.20. The normalized spacial score (nSPS) is 10.6. The first-order valence-corrected chi connectivity index (χ1v) is 11.7. The van der Waals surface area contributed by atoms with Gasteiger partial charge in [-0.15, -0.1) is 23.5 Å². The van der Waals surface area contributed by atoms with Crippen molar-refractivity contribution in [1.29, 1.82) is 0 Å². The molecule has 2 aromatic carbocycles. The second-order valence-corrected chi connectivity index (χ2v) is 8.76. The molecular weight excluding hydrogens is 424 g/mol. The van der Waals surface area contributed by atoms with Crippen molar-refractivity contribution >= 4 is 46.4 Å². The number of ketones is 2. The zero-order valence-electron chi connectivity index (χ0n) is 16.0. The van der Waals surface area contributed by atoms with Crippen molar-refractivity contribution < 1.29 is 19.1 Å². The second-order valence-electron chi connectivity index (χ2n) is 5.98. The molecule has 1 aromatic heterocycles. The highest BCUT2D eigenvalue weighted by molar-refractivity contribution is 8.03. The number of rotatable bonds is 10. The Bertz CT molecular complexity index is 884. The van der Waals surface area contributed by atoms with E-state index in [1.807, 2.05) is 10.8 Å². The van der Waals surface area contributed by atoms with Gasteiger partial charge in [-0.05, 0) is 48.5 Å². The first-order valence-electron chi connectivity index (χ1n) is 8.77. The molecular formula is C22H20O4S3. The van der Waals surface area contributed by atoms with Gasteiger partial charge in [0.05, 0.1) is 25.7 Å². The van der Waals surface area contributed by atoms with E-state index in [-0.39, 0.29) is 11.6 Å². The largest absolute Gasteiger partial charge is 0.497 e. The molecule has 0 radical (unpaired) electrons. The highest BCUT2D eigenvalue weighted by Crippen LogP contribution is 2.35. The van der Waals surface area contributed by atoms with Crippen molar-refractivity contribution in [2.45, 2.75) is 9.79 Å². The van der Waals surface area contributed by atoms with Crippen LogP contribution < -0.4 is 9.47 Å². The molecule has 0 aliphatic carbocycles. The van der Waals surface area contributed by atoms with E-state index >= 15 is 0 Å². The number of thioether (sulfide) groups is 2. The molecule has 1 heterocycles. The summed E-state index contributed by atoms with van der Waals surface area (Å²) in [5.74, 6) is 2.29. The second kappa shape index (κ2) is 10.5. The lowest BCUT2D eigenvalue weighted by molar-refractivity contribution is 0.101. The lowest BCUT2D eigenvalue weighted by Crippen LogP contribution is -2.03. The third-order valence-corrected chi connectivity index (χ3v) is 7.42. The van der Waals surface area contributed by atoms with Crippen molar-refractivity contribution in [2.75, 3.05) is 25.7 Å². The van der Waals surface area contributed by atoms with E-state index in [2.05, 4.69) is 0 Å². The highest BCUT2D eigenvalue weighted by atomic mass is 32.2. The zero-order chi connectivity index (χ0) is 20.6. The first-order chi connectivity index (χ1) is 14.1. The van der Waals surface area contributed by atoms with Gasteiger partial charge in [0.2, 0.25) is 0 Å². The number of carbonyl (C=O) groups excluding carboxylic acids is 2. The zero-order valence-corrected chi connectivity index (χ0v) is 18.5. The van der Waals surface area contributed by atoms with E-state index in [1.165, 1.54) is 23.5 Å². The molecule has 0 aliphatic heterocycles. The van der Waals surface area contributed by atoms with Crippen LogP contribution in [-0.4, -0.2) is 37.3 Å². The number of hydrogen-bond donors (Lipinski definition) is 0. The fourth-order valence-electron chi connectivity index (χ4n) is 2.49. The van der Waals surface area contributed by atoms with Crippen LogP contribution in [0.4, 0.5) is 0 Å². The molecule has 0 spiro atoms. The Labute approximate surface area is 182 Å². The topological polar surface area (TPSA) is 52.6 Å². The van der Waals surface area contributed by atoms with Crippen molar-refractivity contribution in [1.82, 2.24) is 0 Å². The van der Waals surface area contributed by atoms with Gasteiger partial charge in [0, 0.05) is 31.7 Å². The van der Waals surface area contributed by atoms with Crippen molar-refractivity contribution in [3.63, 3.8) is 0 Å². The van der Waals surface area contributed by atoms with E-state index in [1.54, 1.807) is 74.1 Å². The molecule has 3 rings (SSSR count). The van der Waals surface area contributed by atoms with Crippen molar-refractivity contribution in [2.24, 2.45) is 0 Å². The van der Waals surface area contributed by atoms with Gasteiger partial charge in [0.15, 0.2) is 11.6 Å². The molecule has 150 valence electrons. The predicted octanol–water partition coefficient (Wildman–Crippen LogP) is 5.72. The average molecular weight is 445 g/mol. The van der Waals surface area contributed by atoms with E-state index in [0.29, 0.717) is 22.6 Å². The Morgan fingerprint density at radius 3 is 1.45 bits per heavy atom. The van der Waals surface area contributed by atoms with Crippen LogP contribution in [-0.2, 0) is 0 Å². The lowest BCUT2D eigenvalue weighted by Gasteiger charge is -2.06. The number of thiophene rings is 1. The molecule has 0 N–H and O–H groups in total. The SMILES string of the molecule is COc1ccc(C(=O)CSc2cscc2SCC(=O)c2ccc(OC)cc2)cc1. The van der Waals surface area contributed by atoms with Crippen molar-refractivity contribution in [3.8, 4) is 11.5 Å². The van der Waals surface area contributed by atoms with Gasteiger partial charge in [-0.3, -0.25) is 9.59 Å². The van der Waals surface area contributed by atoms with Crippen LogP contribution in [0.15, 0.2) is 69.1 Å². The Kier molecular flexibility index (Phi) is 7.80. The summed E-state index contributed by atoms with van der Waals surface area (Å²) < 4.78 is 10.2. The monoisotopic (exact) mass is 444 g/mol. The number of benzene rings is 2. The van der Waals surface area contributed by atoms with Gasteiger partial charge < -0.3 is 9.47 Å². The molecule has 7 heteroatoms. The minimum Gasteiger partial charge on any atom is -0.497 e. The van der Waals surface area contributed by atoms with E-state index in [4.69, 9.17) is 9.47 Å². The smallest absolute Gasteiger partial charge is 0.173 e. The molecule has 0 saturated carbocycles. The summed E-state index contributed by atoms with van der Waals surface area (Å²) in [6, 6.07) is 14.3. The Morgan fingerprint density at radius 2 is 1.10 bits per heavy atom. The maximum absolute atomic E-state index is 12.4. The molecule has 4 nitrogen and oxygen atoms in total. The van der Waals surface area contributed by atoms with Gasteiger partial charge in [-0.2, -0.15) is 11.3 Å². The molecule has 0 bridgehead atoms. The summed E-state index contributed by atoms with van der Waals surface area (Å²) in [5, 5.41) is 4.04.